The fraction of sp³-hybridized carbons (Fsp3) is 0.722. The Labute approximate surface area is 148 Å². The summed E-state index contributed by atoms with van der Waals surface area (Å²) in [5.41, 5.74) is 1.22. The second-order valence-electron chi connectivity index (χ2n) is 7.21. The maximum absolute atomic E-state index is 13.0. The lowest BCUT2D eigenvalue weighted by Gasteiger charge is -2.39. The number of amides is 2. The summed E-state index contributed by atoms with van der Waals surface area (Å²) in [7, 11) is 1.65. The van der Waals surface area contributed by atoms with E-state index in [0.717, 1.165) is 37.1 Å². The summed E-state index contributed by atoms with van der Waals surface area (Å²) in [5.74, 6) is 0.927. The topological polar surface area (TPSA) is 75.9 Å². The summed E-state index contributed by atoms with van der Waals surface area (Å²) >= 11 is 0. The van der Waals surface area contributed by atoms with Crippen LogP contribution in [0, 0.1) is 19.3 Å². The van der Waals surface area contributed by atoms with Gasteiger partial charge < -0.3 is 19.1 Å². The molecule has 7 heteroatoms. The Morgan fingerprint density at radius 3 is 2.80 bits per heavy atom. The molecular weight excluding hydrogens is 322 g/mol. The first-order valence-electron chi connectivity index (χ1n) is 8.95. The van der Waals surface area contributed by atoms with E-state index in [1.807, 2.05) is 23.6 Å². The second-order valence-corrected chi connectivity index (χ2v) is 7.21. The molecule has 0 saturated carbocycles. The SMILES string of the molecule is COCCN1CCC[C@@]2(CCN(C(=O)Cc3c(C)noc3C)C2)C1=O. The molecule has 7 nitrogen and oxygen atoms in total. The standard InChI is InChI=1S/C18H27N3O4/c1-13-15(14(2)25-19-13)11-16(22)21-8-6-18(12-21)5-4-7-20(17(18)23)9-10-24-3/h4-12H2,1-3H3/t18-/m0/s1. The van der Waals surface area contributed by atoms with E-state index in [0.29, 0.717) is 38.4 Å². The lowest BCUT2D eigenvalue weighted by Crippen LogP contribution is -2.51. The van der Waals surface area contributed by atoms with Gasteiger partial charge >= 0.3 is 0 Å². The number of likely N-dealkylation sites (tertiary alicyclic amines) is 2. The zero-order chi connectivity index (χ0) is 18.0. The predicted molar refractivity (Wildman–Crippen MR) is 91.0 cm³/mol. The molecule has 3 rings (SSSR count). The molecule has 2 saturated heterocycles. The molecule has 2 amide bonds. The summed E-state index contributed by atoms with van der Waals surface area (Å²) in [4.78, 5) is 29.4. The van der Waals surface area contributed by atoms with Crippen LogP contribution >= 0.6 is 0 Å². The highest BCUT2D eigenvalue weighted by Crippen LogP contribution is 2.40. The average molecular weight is 349 g/mol. The van der Waals surface area contributed by atoms with Gasteiger partial charge in [-0.1, -0.05) is 5.16 Å². The Morgan fingerprint density at radius 1 is 1.32 bits per heavy atom. The molecule has 25 heavy (non-hydrogen) atoms. The van der Waals surface area contributed by atoms with Crippen molar-refractivity contribution in [3.05, 3.63) is 17.0 Å². The third-order valence-electron chi connectivity index (χ3n) is 5.61. The van der Waals surface area contributed by atoms with Crippen molar-refractivity contribution < 1.29 is 18.8 Å². The van der Waals surface area contributed by atoms with Crippen LogP contribution in [0.2, 0.25) is 0 Å². The maximum Gasteiger partial charge on any atom is 0.230 e. The summed E-state index contributed by atoms with van der Waals surface area (Å²) in [5, 5.41) is 3.91. The first-order chi connectivity index (χ1) is 12.0. The van der Waals surface area contributed by atoms with Crippen molar-refractivity contribution in [2.24, 2.45) is 5.41 Å². The smallest absolute Gasteiger partial charge is 0.230 e. The molecule has 0 aromatic carbocycles. The normalized spacial score (nSPS) is 23.7. The van der Waals surface area contributed by atoms with Crippen LogP contribution in [0.5, 0.6) is 0 Å². The van der Waals surface area contributed by atoms with E-state index in [1.165, 1.54) is 0 Å². The molecule has 0 aliphatic carbocycles. The summed E-state index contributed by atoms with van der Waals surface area (Å²) < 4.78 is 10.3. The first-order valence-corrected chi connectivity index (χ1v) is 8.95. The highest BCUT2D eigenvalue weighted by atomic mass is 16.5. The van der Waals surface area contributed by atoms with Gasteiger partial charge in [-0.25, -0.2) is 0 Å². The first kappa shape index (κ1) is 17.9. The molecule has 0 unspecified atom stereocenters. The number of aromatic nitrogens is 1. The highest BCUT2D eigenvalue weighted by molar-refractivity contribution is 5.86. The van der Waals surface area contributed by atoms with Crippen LogP contribution in [0.25, 0.3) is 0 Å². The maximum atomic E-state index is 13.0. The van der Waals surface area contributed by atoms with E-state index < -0.39 is 5.41 Å². The molecule has 2 fully saturated rings. The minimum atomic E-state index is -0.402. The Hall–Kier alpha value is -1.89. The molecule has 3 heterocycles. The predicted octanol–water partition coefficient (Wildman–Crippen LogP) is 1.32. The Bertz CT molecular complexity index is 637. The summed E-state index contributed by atoms with van der Waals surface area (Å²) in [6, 6.07) is 0. The van der Waals surface area contributed by atoms with Crippen molar-refractivity contribution >= 4 is 11.8 Å². The molecule has 0 radical (unpaired) electrons. The minimum absolute atomic E-state index is 0.0492. The third kappa shape index (κ3) is 3.42. The van der Waals surface area contributed by atoms with Gasteiger partial charge in [0.05, 0.1) is 24.1 Å². The fourth-order valence-corrected chi connectivity index (χ4v) is 4.05. The van der Waals surface area contributed by atoms with E-state index in [4.69, 9.17) is 9.26 Å². The zero-order valence-corrected chi connectivity index (χ0v) is 15.3. The minimum Gasteiger partial charge on any atom is -0.383 e. The van der Waals surface area contributed by atoms with Crippen molar-refractivity contribution in [1.29, 1.82) is 0 Å². The Balaban J connectivity index is 1.66. The number of hydrogen-bond donors (Lipinski definition) is 0. The molecule has 1 atom stereocenters. The lowest BCUT2D eigenvalue weighted by molar-refractivity contribution is -0.146. The second kappa shape index (κ2) is 7.15. The molecule has 0 N–H and O–H groups in total. The van der Waals surface area contributed by atoms with Gasteiger partial charge in [0.1, 0.15) is 5.76 Å². The van der Waals surface area contributed by atoms with Gasteiger partial charge in [-0.2, -0.15) is 0 Å². The van der Waals surface area contributed by atoms with Gasteiger partial charge in [0.25, 0.3) is 0 Å². The van der Waals surface area contributed by atoms with E-state index in [-0.39, 0.29) is 11.8 Å². The average Bonchev–Trinajstić information content (AvgIpc) is 3.16. The number of carbonyl (C=O) groups excluding carboxylic acids is 2. The van der Waals surface area contributed by atoms with Crippen LogP contribution in [0.3, 0.4) is 0 Å². The number of ether oxygens (including phenoxy) is 1. The molecule has 2 aliphatic rings. The van der Waals surface area contributed by atoms with Gasteiger partial charge in [0, 0.05) is 38.9 Å². The highest BCUT2D eigenvalue weighted by Gasteiger charge is 2.49. The molecule has 138 valence electrons. The van der Waals surface area contributed by atoms with Crippen LogP contribution in [0.1, 0.15) is 36.3 Å². The van der Waals surface area contributed by atoms with Crippen molar-refractivity contribution in [2.75, 3.05) is 39.9 Å². The van der Waals surface area contributed by atoms with E-state index in [9.17, 15) is 9.59 Å². The Kier molecular flexibility index (Phi) is 5.13. The van der Waals surface area contributed by atoms with Crippen molar-refractivity contribution in [1.82, 2.24) is 15.0 Å². The molecule has 0 bridgehead atoms. The largest absolute Gasteiger partial charge is 0.383 e. The number of piperidine rings is 1. The number of rotatable bonds is 5. The van der Waals surface area contributed by atoms with Gasteiger partial charge in [-0.05, 0) is 33.1 Å². The molecular formula is C18H27N3O4. The number of aryl methyl sites for hydroxylation is 2. The van der Waals surface area contributed by atoms with Gasteiger partial charge in [0.15, 0.2) is 0 Å². The molecule has 1 aromatic rings. The van der Waals surface area contributed by atoms with Gasteiger partial charge in [0.2, 0.25) is 11.8 Å². The Morgan fingerprint density at radius 2 is 2.12 bits per heavy atom. The van der Waals surface area contributed by atoms with E-state index in [2.05, 4.69) is 5.16 Å². The van der Waals surface area contributed by atoms with Gasteiger partial charge in [-0.15, -0.1) is 0 Å². The van der Waals surface area contributed by atoms with Crippen molar-refractivity contribution in [2.45, 2.75) is 39.5 Å². The quantitative estimate of drug-likeness (QED) is 0.801. The fourth-order valence-electron chi connectivity index (χ4n) is 4.05. The number of hydrogen-bond acceptors (Lipinski definition) is 5. The number of methoxy groups -OCH3 is 1. The number of nitrogens with zero attached hydrogens (tertiary/aromatic N) is 3. The zero-order valence-electron chi connectivity index (χ0n) is 15.3. The summed E-state index contributed by atoms with van der Waals surface area (Å²) in [6.07, 6.45) is 2.90. The summed E-state index contributed by atoms with van der Waals surface area (Å²) in [6.45, 7) is 6.82. The van der Waals surface area contributed by atoms with E-state index >= 15 is 0 Å². The monoisotopic (exact) mass is 349 g/mol. The van der Waals surface area contributed by atoms with Crippen LogP contribution < -0.4 is 0 Å². The molecule has 2 aliphatic heterocycles. The number of carbonyl (C=O) groups is 2. The molecule has 1 aromatic heterocycles. The molecule has 1 spiro atoms. The van der Waals surface area contributed by atoms with E-state index in [1.54, 1.807) is 7.11 Å². The lowest BCUT2D eigenvalue weighted by atomic mass is 9.78. The van der Waals surface area contributed by atoms with Crippen molar-refractivity contribution in [3.8, 4) is 0 Å². The van der Waals surface area contributed by atoms with Crippen LogP contribution in [0.4, 0.5) is 0 Å². The van der Waals surface area contributed by atoms with Gasteiger partial charge in [-0.3, -0.25) is 9.59 Å². The van der Waals surface area contributed by atoms with Crippen LogP contribution in [0.15, 0.2) is 4.52 Å². The van der Waals surface area contributed by atoms with Crippen LogP contribution in [-0.4, -0.2) is 66.7 Å². The van der Waals surface area contributed by atoms with Crippen molar-refractivity contribution in [3.63, 3.8) is 0 Å². The third-order valence-corrected chi connectivity index (χ3v) is 5.61. The van der Waals surface area contributed by atoms with Crippen LogP contribution in [-0.2, 0) is 20.7 Å².